The van der Waals surface area contributed by atoms with Crippen molar-refractivity contribution in [3.05, 3.63) is 54.0 Å². The van der Waals surface area contributed by atoms with E-state index in [9.17, 15) is 9.59 Å². The molecule has 0 aliphatic heterocycles. The van der Waals surface area contributed by atoms with Crippen LogP contribution in [0.2, 0.25) is 0 Å². The van der Waals surface area contributed by atoms with E-state index in [0.717, 1.165) is 18.4 Å². The van der Waals surface area contributed by atoms with Gasteiger partial charge in [-0.25, -0.2) is 5.43 Å². The molecule has 6 heteroatoms. The average Bonchev–Trinajstić information content (AvgIpc) is 3.29. The van der Waals surface area contributed by atoms with Gasteiger partial charge in [0.1, 0.15) is 0 Å². The molecule has 6 nitrogen and oxygen atoms in total. The molecule has 0 radical (unpaired) electrons. The maximum atomic E-state index is 12.0. The molecule has 0 spiro atoms. The molecule has 1 aromatic heterocycles. The number of hydrazone groups is 1. The number of nitrogens with zero attached hydrogens (tertiary/aromatic N) is 1. The molecule has 0 atom stereocenters. The number of amides is 2. The molecule has 0 saturated heterocycles. The molecule has 1 heterocycles. The Hall–Kier alpha value is -2.89. The minimum absolute atomic E-state index is 0.0531. The Morgan fingerprint density at radius 3 is 2.23 bits per heavy atom. The van der Waals surface area contributed by atoms with Crippen molar-refractivity contribution in [3.8, 4) is 0 Å². The first-order valence-corrected chi connectivity index (χ1v) is 10.9. The number of carbonyl (C=O) groups is 2. The summed E-state index contributed by atoms with van der Waals surface area (Å²) in [6.07, 6.45) is 11.6. The lowest BCUT2D eigenvalue weighted by Gasteiger charge is -2.06. The van der Waals surface area contributed by atoms with Crippen LogP contribution in [0.1, 0.15) is 87.8 Å². The molecule has 0 bridgehead atoms. The Kier molecular flexibility index (Phi) is 10.4. The third-order valence-electron chi connectivity index (χ3n) is 4.91. The topological polar surface area (TPSA) is 83.7 Å². The van der Waals surface area contributed by atoms with E-state index in [0.29, 0.717) is 17.8 Å². The van der Waals surface area contributed by atoms with Crippen LogP contribution in [0.25, 0.3) is 0 Å². The summed E-state index contributed by atoms with van der Waals surface area (Å²) in [5.41, 5.74) is 4.88. The molecule has 2 aromatic rings. The van der Waals surface area contributed by atoms with E-state index >= 15 is 0 Å². The van der Waals surface area contributed by atoms with Gasteiger partial charge in [-0.15, -0.1) is 0 Å². The van der Waals surface area contributed by atoms with E-state index < -0.39 is 0 Å². The summed E-state index contributed by atoms with van der Waals surface area (Å²) < 4.78 is 5.07. The Morgan fingerprint density at radius 2 is 1.60 bits per heavy atom. The zero-order valence-electron chi connectivity index (χ0n) is 18.1. The normalized spacial score (nSPS) is 11.3. The van der Waals surface area contributed by atoms with Crippen LogP contribution in [0.3, 0.4) is 0 Å². The average molecular weight is 412 g/mol. The van der Waals surface area contributed by atoms with Crippen LogP contribution < -0.4 is 10.7 Å². The van der Waals surface area contributed by atoms with Crippen molar-refractivity contribution in [3.63, 3.8) is 0 Å². The van der Waals surface area contributed by atoms with E-state index in [1.54, 1.807) is 24.3 Å². The number of benzene rings is 1. The summed E-state index contributed by atoms with van der Waals surface area (Å²) in [5.74, 6) is -0.0925. The number of unbranched alkanes of at least 4 members (excludes halogenated alkanes) is 7. The number of nitrogens with one attached hydrogen (secondary N) is 2. The largest absolute Gasteiger partial charge is 0.459 e. The Labute approximate surface area is 179 Å². The number of rotatable bonds is 13. The molecular formula is C24H33N3O3. The van der Waals surface area contributed by atoms with Gasteiger partial charge in [0, 0.05) is 12.1 Å². The van der Waals surface area contributed by atoms with Gasteiger partial charge in [-0.3, -0.25) is 9.59 Å². The fraction of sp³-hybridized carbons (Fsp3) is 0.458. The van der Waals surface area contributed by atoms with Crippen molar-refractivity contribution < 1.29 is 14.0 Å². The Balaban J connectivity index is 1.68. The lowest BCUT2D eigenvalue weighted by atomic mass is 10.1. The van der Waals surface area contributed by atoms with Gasteiger partial charge in [-0.1, -0.05) is 64.0 Å². The zero-order valence-corrected chi connectivity index (χ0v) is 18.1. The Bertz CT molecular complexity index is 796. The number of hydrogen-bond acceptors (Lipinski definition) is 4. The molecule has 0 aliphatic carbocycles. The maximum absolute atomic E-state index is 12.0. The van der Waals surface area contributed by atoms with Crippen molar-refractivity contribution in [2.75, 3.05) is 5.32 Å². The SMILES string of the molecule is CCCCCCCCCCC(=O)N/N=C(\C)c1ccc(NC(=O)c2ccco2)cc1. The van der Waals surface area contributed by atoms with E-state index in [4.69, 9.17) is 4.42 Å². The second-order valence-electron chi connectivity index (χ2n) is 7.47. The molecule has 162 valence electrons. The van der Waals surface area contributed by atoms with Crippen LogP contribution in [0, 0.1) is 0 Å². The smallest absolute Gasteiger partial charge is 0.291 e. The van der Waals surface area contributed by atoms with Crippen molar-refractivity contribution in [1.82, 2.24) is 5.43 Å². The van der Waals surface area contributed by atoms with Crippen molar-refractivity contribution in [2.45, 2.75) is 71.6 Å². The molecule has 30 heavy (non-hydrogen) atoms. The van der Waals surface area contributed by atoms with Crippen molar-refractivity contribution >= 4 is 23.2 Å². The molecular weight excluding hydrogens is 378 g/mol. The van der Waals surface area contributed by atoms with Gasteiger partial charge < -0.3 is 9.73 Å². The molecule has 0 saturated carbocycles. The summed E-state index contributed by atoms with van der Waals surface area (Å²) in [6, 6.07) is 10.6. The first-order chi connectivity index (χ1) is 14.6. The molecule has 2 N–H and O–H groups in total. The van der Waals surface area contributed by atoms with Gasteiger partial charge in [0.2, 0.25) is 5.91 Å². The van der Waals surface area contributed by atoms with Crippen molar-refractivity contribution in [1.29, 1.82) is 0 Å². The molecule has 0 aliphatic rings. The summed E-state index contributed by atoms with van der Waals surface area (Å²) in [5, 5.41) is 6.96. The van der Waals surface area contributed by atoms with Crippen LogP contribution >= 0.6 is 0 Å². The van der Waals surface area contributed by atoms with Crippen LogP contribution in [-0.4, -0.2) is 17.5 Å². The van der Waals surface area contributed by atoms with Crippen LogP contribution in [-0.2, 0) is 4.79 Å². The molecule has 0 fully saturated rings. The molecule has 0 unspecified atom stereocenters. The minimum atomic E-state index is -0.300. The van der Waals surface area contributed by atoms with E-state index in [1.165, 1.54) is 44.8 Å². The lowest BCUT2D eigenvalue weighted by molar-refractivity contribution is -0.121. The zero-order chi connectivity index (χ0) is 21.6. The van der Waals surface area contributed by atoms with E-state index in [2.05, 4.69) is 22.8 Å². The lowest BCUT2D eigenvalue weighted by Crippen LogP contribution is -2.18. The summed E-state index contributed by atoms with van der Waals surface area (Å²) in [4.78, 5) is 23.9. The monoisotopic (exact) mass is 411 g/mol. The second-order valence-corrected chi connectivity index (χ2v) is 7.47. The van der Waals surface area contributed by atoms with Crippen LogP contribution in [0.4, 0.5) is 5.69 Å². The second kappa shape index (κ2) is 13.4. The standard InChI is InChI=1S/C24H33N3O3/c1-3-4-5-6-7-8-9-10-13-23(28)27-26-19(2)20-14-16-21(17-15-20)25-24(29)22-12-11-18-30-22/h11-12,14-18H,3-10,13H2,1-2H3,(H,25,29)(H,27,28)/b26-19+. The fourth-order valence-electron chi connectivity index (χ4n) is 3.08. The summed E-state index contributed by atoms with van der Waals surface area (Å²) in [7, 11) is 0. The van der Waals surface area contributed by atoms with Gasteiger partial charge >= 0.3 is 0 Å². The highest BCUT2D eigenvalue weighted by molar-refractivity contribution is 6.03. The number of hydrogen-bond donors (Lipinski definition) is 2. The van der Waals surface area contributed by atoms with Gasteiger partial charge in [-0.05, 0) is 43.2 Å². The van der Waals surface area contributed by atoms with Gasteiger partial charge in [0.25, 0.3) is 5.91 Å². The van der Waals surface area contributed by atoms with Crippen LogP contribution in [0.5, 0.6) is 0 Å². The number of furan rings is 1. The predicted molar refractivity (Wildman–Crippen MR) is 121 cm³/mol. The summed E-state index contributed by atoms with van der Waals surface area (Å²) >= 11 is 0. The van der Waals surface area contributed by atoms with Gasteiger partial charge in [-0.2, -0.15) is 5.10 Å². The molecule has 2 amide bonds. The quantitative estimate of drug-likeness (QED) is 0.244. The number of carbonyl (C=O) groups excluding carboxylic acids is 2. The van der Waals surface area contributed by atoms with Gasteiger partial charge in [0.15, 0.2) is 5.76 Å². The van der Waals surface area contributed by atoms with E-state index in [1.807, 2.05) is 19.1 Å². The molecule has 2 rings (SSSR count). The molecule has 1 aromatic carbocycles. The van der Waals surface area contributed by atoms with E-state index in [-0.39, 0.29) is 17.6 Å². The third kappa shape index (κ3) is 8.64. The highest BCUT2D eigenvalue weighted by Gasteiger charge is 2.09. The predicted octanol–water partition coefficient (Wildman–Crippen LogP) is 5.90. The number of anilines is 1. The fourth-order valence-corrected chi connectivity index (χ4v) is 3.08. The summed E-state index contributed by atoms with van der Waals surface area (Å²) in [6.45, 7) is 4.06. The van der Waals surface area contributed by atoms with Crippen LogP contribution in [0.15, 0.2) is 52.2 Å². The first kappa shape index (κ1) is 23.4. The maximum Gasteiger partial charge on any atom is 0.291 e. The third-order valence-corrected chi connectivity index (χ3v) is 4.91. The van der Waals surface area contributed by atoms with Crippen molar-refractivity contribution in [2.24, 2.45) is 5.10 Å². The minimum Gasteiger partial charge on any atom is -0.459 e. The Morgan fingerprint density at radius 1 is 0.933 bits per heavy atom. The highest BCUT2D eigenvalue weighted by atomic mass is 16.3. The first-order valence-electron chi connectivity index (χ1n) is 10.9. The highest BCUT2D eigenvalue weighted by Crippen LogP contribution is 2.13. The van der Waals surface area contributed by atoms with Gasteiger partial charge in [0.05, 0.1) is 12.0 Å².